The molecule has 0 bridgehead atoms. The van der Waals surface area contributed by atoms with Gasteiger partial charge >= 0.3 is 0 Å². The number of para-hydroxylation sites is 1. The van der Waals surface area contributed by atoms with Crippen molar-refractivity contribution in [3.63, 3.8) is 0 Å². The van der Waals surface area contributed by atoms with Crippen LogP contribution in [-0.4, -0.2) is 37.5 Å². The molecule has 0 unspecified atom stereocenters. The van der Waals surface area contributed by atoms with Gasteiger partial charge in [-0.1, -0.05) is 18.2 Å². The molecule has 0 aliphatic rings. The standard InChI is InChI=1S/C24H21N5O3/c1-27(16-18-11-13-25-14-12-18)23(30)15-20-17-28(21-5-3-2-4-6-21)26-24(20)19-7-9-22(10-8-19)29(31)32/h2-14,17H,15-16H2,1H3. The number of nitro benzene ring substituents is 1. The fourth-order valence-corrected chi connectivity index (χ4v) is 3.38. The summed E-state index contributed by atoms with van der Waals surface area (Å²) in [6.45, 7) is 0.473. The van der Waals surface area contributed by atoms with Crippen molar-refractivity contribution < 1.29 is 9.72 Å². The Morgan fingerprint density at radius 1 is 1.03 bits per heavy atom. The van der Waals surface area contributed by atoms with Gasteiger partial charge in [0.15, 0.2) is 0 Å². The Balaban J connectivity index is 1.64. The Bertz CT molecular complexity index is 1220. The molecule has 0 radical (unpaired) electrons. The number of likely N-dealkylation sites (N-methyl/N-ethyl adjacent to an activating group) is 1. The van der Waals surface area contributed by atoms with E-state index in [0.717, 1.165) is 16.8 Å². The zero-order chi connectivity index (χ0) is 22.5. The van der Waals surface area contributed by atoms with Crippen LogP contribution < -0.4 is 0 Å². The van der Waals surface area contributed by atoms with Crippen molar-refractivity contribution in [1.29, 1.82) is 0 Å². The Hall–Kier alpha value is -4.33. The minimum Gasteiger partial charge on any atom is -0.341 e. The van der Waals surface area contributed by atoms with Gasteiger partial charge in [0.1, 0.15) is 0 Å². The number of non-ortho nitro benzene ring substituents is 1. The molecule has 8 nitrogen and oxygen atoms in total. The molecule has 0 fully saturated rings. The summed E-state index contributed by atoms with van der Waals surface area (Å²) in [4.78, 5) is 29.2. The molecular formula is C24H21N5O3. The van der Waals surface area contributed by atoms with Crippen molar-refractivity contribution >= 4 is 11.6 Å². The highest BCUT2D eigenvalue weighted by atomic mass is 16.6. The normalized spacial score (nSPS) is 10.7. The van der Waals surface area contributed by atoms with Crippen LogP contribution in [0.1, 0.15) is 11.1 Å². The average Bonchev–Trinajstić information content (AvgIpc) is 3.24. The molecule has 0 aliphatic heterocycles. The van der Waals surface area contributed by atoms with E-state index in [0.29, 0.717) is 17.8 Å². The Kier molecular flexibility index (Phi) is 6.03. The SMILES string of the molecule is CN(Cc1ccncc1)C(=O)Cc1cn(-c2ccccc2)nc1-c1ccc([N+](=O)[O-])cc1. The lowest BCUT2D eigenvalue weighted by molar-refractivity contribution is -0.384. The van der Waals surface area contributed by atoms with Crippen molar-refractivity contribution in [3.8, 4) is 16.9 Å². The smallest absolute Gasteiger partial charge is 0.269 e. The van der Waals surface area contributed by atoms with Gasteiger partial charge in [0, 0.05) is 55.4 Å². The van der Waals surface area contributed by atoms with Gasteiger partial charge in [-0.3, -0.25) is 19.9 Å². The highest BCUT2D eigenvalue weighted by Gasteiger charge is 2.18. The van der Waals surface area contributed by atoms with Gasteiger partial charge in [0.2, 0.25) is 5.91 Å². The molecule has 0 saturated heterocycles. The summed E-state index contributed by atoms with van der Waals surface area (Å²) in [5, 5.41) is 15.7. The van der Waals surface area contributed by atoms with Crippen molar-refractivity contribution in [1.82, 2.24) is 19.7 Å². The minimum atomic E-state index is -0.440. The number of aromatic nitrogens is 3. The quantitative estimate of drug-likeness (QED) is 0.328. The number of nitrogens with zero attached hydrogens (tertiary/aromatic N) is 5. The number of pyridine rings is 1. The molecule has 0 aliphatic carbocycles. The van der Waals surface area contributed by atoms with Crippen LogP contribution in [0.15, 0.2) is 85.3 Å². The summed E-state index contributed by atoms with van der Waals surface area (Å²) in [6.07, 6.45) is 5.39. The molecule has 0 spiro atoms. The predicted octanol–water partition coefficient (Wildman–Crippen LogP) is 4.04. The molecule has 32 heavy (non-hydrogen) atoms. The van der Waals surface area contributed by atoms with E-state index in [-0.39, 0.29) is 18.0 Å². The maximum atomic E-state index is 13.0. The van der Waals surface area contributed by atoms with Crippen molar-refractivity contribution in [2.45, 2.75) is 13.0 Å². The zero-order valence-electron chi connectivity index (χ0n) is 17.5. The minimum absolute atomic E-state index is 0.00551. The molecule has 8 heteroatoms. The summed E-state index contributed by atoms with van der Waals surface area (Å²) in [5.41, 5.74) is 3.94. The van der Waals surface area contributed by atoms with E-state index < -0.39 is 4.92 Å². The topological polar surface area (TPSA) is 94.2 Å². The molecular weight excluding hydrogens is 406 g/mol. The zero-order valence-corrected chi connectivity index (χ0v) is 17.5. The van der Waals surface area contributed by atoms with Crippen molar-refractivity contribution in [2.24, 2.45) is 0 Å². The van der Waals surface area contributed by atoms with E-state index in [2.05, 4.69) is 10.1 Å². The first-order chi connectivity index (χ1) is 15.5. The number of carbonyl (C=O) groups is 1. The van der Waals surface area contributed by atoms with E-state index in [4.69, 9.17) is 0 Å². The van der Waals surface area contributed by atoms with Crippen LogP contribution in [-0.2, 0) is 17.8 Å². The van der Waals surface area contributed by atoms with Gasteiger partial charge in [-0.2, -0.15) is 5.10 Å². The number of carbonyl (C=O) groups excluding carboxylic acids is 1. The first-order valence-corrected chi connectivity index (χ1v) is 10.0. The van der Waals surface area contributed by atoms with Gasteiger partial charge in [-0.15, -0.1) is 0 Å². The van der Waals surface area contributed by atoms with E-state index in [9.17, 15) is 14.9 Å². The summed E-state index contributed by atoms with van der Waals surface area (Å²) in [5.74, 6) is -0.0578. The third-order valence-electron chi connectivity index (χ3n) is 5.10. The van der Waals surface area contributed by atoms with Crippen LogP contribution in [0, 0.1) is 10.1 Å². The fraction of sp³-hybridized carbons (Fsp3) is 0.125. The second kappa shape index (κ2) is 9.22. The Morgan fingerprint density at radius 3 is 2.38 bits per heavy atom. The summed E-state index contributed by atoms with van der Waals surface area (Å²) in [6, 6.07) is 19.5. The molecule has 2 aromatic carbocycles. The van der Waals surface area contributed by atoms with Crippen LogP contribution in [0.5, 0.6) is 0 Å². The molecule has 2 heterocycles. The molecule has 0 atom stereocenters. The van der Waals surface area contributed by atoms with Gasteiger partial charge in [-0.25, -0.2) is 4.68 Å². The molecule has 4 aromatic rings. The molecule has 160 valence electrons. The Morgan fingerprint density at radius 2 is 1.72 bits per heavy atom. The van der Waals surface area contributed by atoms with Gasteiger partial charge in [0.25, 0.3) is 5.69 Å². The monoisotopic (exact) mass is 427 g/mol. The first kappa shape index (κ1) is 20.9. The molecule has 0 saturated carbocycles. The van der Waals surface area contributed by atoms with E-state index in [1.165, 1.54) is 12.1 Å². The number of nitro groups is 1. The van der Waals surface area contributed by atoms with Crippen LogP contribution in [0.2, 0.25) is 0 Å². The summed E-state index contributed by atoms with van der Waals surface area (Å²) < 4.78 is 1.72. The molecule has 4 rings (SSSR count). The van der Waals surface area contributed by atoms with Crippen LogP contribution in [0.25, 0.3) is 16.9 Å². The maximum absolute atomic E-state index is 13.0. The lowest BCUT2D eigenvalue weighted by atomic mass is 10.0. The third-order valence-corrected chi connectivity index (χ3v) is 5.10. The number of hydrogen-bond acceptors (Lipinski definition) is 5. The van der Waals surface area contributed by atoms with Gasteiger partial charge in [-0.05, 0) is 42.0 Å². The maximum Gasteiger partial charge on any atom is 0.269 e. The van der Waals surface area contributed by atoms with Gasteiger partial charge < -0.3 is 4.90 Å². The number of hydrogen-bond donors (Lipinski definition) is 0. The average molecular weight is 427 g/mol. The lowest BCUT2D eigenvalue weighted by Crippen LogP contribution is -2.27. The third kappa shape index (κ3) is 4.70. The number of amides is 1. The second-order valence-corrected chi connectivity index (χ2v) is 7.37. The summed E-state index contributed by atoms with van der Waals surface area (Å²) in [7, 11) is 1.76. The summed E-state index contributed by atoms with van der Waals surface area (Å²) >= 11 is 0. The molecule has 1 amide bonds. The fourth-order valence-electron chi connectivity index (χ4n) is 3.38. The van der Waals surface area contributed by atoms with Crippen LogP contribution >= 0.6 is 0 Å². The van der Waals surface area contributed by atoms with Crippen molar-refractivity contribution in [3.05, 3.63) is 107 Å². The highest BCUT2D eigenvalue weighted by molar-refractivity contribution is 5.81. The number of benzene rings is 2. The predicted molar refractivity (Wildman–Crippen MR) is 120 cm³/mol. The van der Waals surface area contributed by atoms with Crippen LogP contribution in [0.3, 0.4) is 0 Å². The van der Waals surface area contributed by atoms with E-state index in [1.807, 2.05) is 48.7 Å². The van der Waals surface area contributed by atoms with Crippen molar-refractivity contribution in [2.75, 3.05) is 7.05 Å². The molecule has 2 aromatic heterocycles. The largest absolute Gasteiger partial charge is 0.341 e. The van der Waals surface area contributed by atoms with E-state index >= 15 is 0 Å². The first-order valence-electron chi connectivity index (χ1n) is 10.0. The highest BCUT2D eigenvalue weighted by Crippen LogP contribution is 2.26. The van der Waals surface area contributed by atoms with E-state index in [1.54, 1.807) is 41.2 Å². The van der Waals surface area contributed by atoms with Crippen LogP contribution in [0.4, 0.5) is 5.69 Å². The molecule has 0 N–H and O–H groups in total. The Labute approximate surface area is 184 Å². The van der Waals surface area contributed by atoms with Gasteiger partial charge in [0.05, 0.1) is 22.7 Å². The number of rotatable bonds is 7. The lowest BCUT2D eigenvalue weighted by Gasteiger charge is -2.17. The second-order valence-electron chi connectivity index (χ2n) is 7.37.